The first-order valence-electron chi connectivity index (χ1n) is 9.86. The van der Waals surface area contributed by atoms with Crippen molar-refractivity contribution in [1.82, 2.24) is 14.5 Å². The van der Waals surface area contributed by atoms with Gasteiger partial charge < -0.3 is 21.9 Å². The number of alkyl halides is 3. The third kappa shape index (κ3) is 5.13. The van der Waals surface area contributed by atoms with Gasteiger partial charge in [-0.2, -0.15) is 8.78 Å². The van der Waals surface area contributed by atoms with Crippen LogP contribution in [0.5, 0.6) is 0 Å². The normalized spacial score (nSPS) is 23.4. The third-order valence-corrected chi connectivity index (χ3v) is 5.50. The summed E-state index contributed by atoms with van der Waals surface area (Å²) >= 11 is 0. The van der Waals surface area contributed by atoms with Crippen LogP contribution >= 0.6 is 0 Å². The topological polar surface area (TPSA) is 121 Å². The van der Waals surface area contributed by atoms with E-state index in [1.165, 1.54) is 0 Å². The number of hydrogen-bond donors (Lipinski definition) is 3. The van der Waals surface area contributed by atoms with Crippen molar-refractivity contribution in [3.05, 3.63) is 52.6 Å². The van der Waals surface area contributed by atoms with Gasteiger partial charge in [-0.05, 0) is 24.6 Å². The van der Waals surface area contributed by atoms with E-state index in [1.807, 2.05) is 4.90 Å². The number of aromatic nitrogens is 2. The fourth-order valence-electron chi connectivity index (χ4n) is 4.09. The van der Waals surface area contributed by atoms with Gasteiger partial charge in [0.15, 0.2) is 11.7 Å². The SMILES string of the molecule is N/C(=N\F)c1nc2c(n1C(F)F)CN(C1CO[C@H](c3cc(F)ccc3F)C(N)C1)C2.NCF. The molecule has 8 nitrogen and oxygen atoms in total. The number of hydrogen-bond acceptors (Lipinski definition) is 6. The number of nitrogens with two attached hydrogens (primary N) is 3. The number of imidazole rings is 1. The molecule has 3 heterocycles. The highest BCUT2D eigenvalue weighted by Gasteiger charge is 2.39. The summed E-state index contributed by atoms with van der Waals surface area (Å²) in [7, 11) is 0. The van der Waals surface area contributed by atoms with Crippen LogP contribution in [0.3, 0.4) is 0 Å². The number of fused-ring (bicyclic) bond motifs is 1. The maximum Gasteiger partial charge on any atom is 0.320 e. The van der Waals surface area contributed by atoms with Gasteiger partial charge in [-0.1, -0.05) is 9.70 Å². The fourth-order valence-corrected chi connectivity index (χ4v) is 4.09. The van der Waals surface area contributed by atoms with Crippen LogP contribution in [0, 0.1) is 11.6 Å². The Morgan fingerprint density at radius 1 is 1.27 bits per heavy atom. The zero-order chi connectivity index (χ0) is 24.3. The molecule has 4 rings (SSSR count). The van der Waals surface area contributed by atoms with Crippen molar-refractivity contribution in [2.75, 3.05) is 13.4 Å². The number of halogens is 6. The number of ether oxygens (including phenoxy) is 1. The molecule has 1 aromatic carbocycles. The van der Waals surface area contributed by atoms with Gasteiger partial charge in [-0.3, -0.25) is 9.47 Å². The minimum absolute atomic E-state index is 0.0436. The first-order chi connectivity index (χ1) is 15.7. The average Bonchev–Trinajstić information content (AvgIpc) is 3.33. The van der Waals surface area contributed by atoms with E-state index in [1.54, 1.807) is 0 Å². The molecule has 6 N–H and O–H groups in total. The molecule has 3 atom stereocenters. The molecule has 182 valence electrons. The monoisotopic (exact) mass is 479 g/mol. The average molecular weight is 479 g/mol. The summed E-state index contributed by atoms with van der Waals surface area (Å²) in [6.07, 6.45) is -0.442. The van der Waals surface area contributed by atoms with E-state index in [4.69, 9.17) is 16.2 Å². The highest BCUT2D eigenvalue weighted by atomic mass is 19.3. The molecule has 0 bridgehead atoms. The Morgan fingerprint density at radius 2 is 1.97 bits per heavy atom. The van der Waals surface area contributed by atoms with Gasteiger partial charge in [0.25, 0.3) is 0 Å². The lowest BCUT2D eigenvalue weighted by atomic mass is 9.93. The van der Waals surface area contributed by atoms with E-state index in [2.05, 4.69) is 15.9 Å². The second kappa shape index (κ2) is 10.5. The van der Waals surface area contributed by atoms with Crippen LogP contribution in [0.4, 0.5) is 26.4 Å². The Hall–Kier alpha value is -2.68. The zero-order valence-electron chi connectivity index (χ0n) is 17.3. The maximum absolute atomic E-state index is 14.1. The van der Waals surface area contributed by atoms with Gasteiger partial charge in [0.1, 0.15) is 24.5 Å². The summed E-state index contributed by atoms with van der Waals surface area (Å²) in [4.78, 5) is 5.86. The molecule has 1 fully saturated rings. The molecule has 0 radical (unpaired) electrons. The minimum Gasteiger partial charge on any atom is -0.378 e. The molecule has 0 spiro atoms. The summed E-state index contributed by atoms with van der Waals surface area (Å²) in [5.74, 6) is -2.35. The summed E-state index contributed by atoms with van der Waals surface area (Å²) in [6.45, 7) is -3.26. The van der Waals surface area contributed by atoms with E-state index < -0.39 is 48.8 Å². The summed E-state index contributed by atoms with van der Waals surface area (Å²) < 4.78 is 83.5. The molecule has 2 aliphatic rings. The molecule has 2 aliphatic heterocycles. The van der Waals surface area contributed by atoms with E-state index >= 15 is 0 Å². The largest absolute Gasteiger partial charge is 0.378 e. The quantitative estimate of drug-likeness (QED) is 0.268. The molecule has 0 saturated carbocycles. The molecule has 1 saturated heterocycles. The van der Waals surface area contributed by atoms with E-state index in [9.17, 15) is 26.4 Å². The molecule has 1 aromatic heterocycles. The Morgan fingerprint density at radius 3 is 2.58 bits per heavy atom. The Kier molecular flexibility index (Phi) is 7.94. The van der Waals surface area contributed by atoms with Gasteiger partial charge in [0.05, 0.1) is 18.0 Å². The summed E-state index contributed by atoms with van der Waals surface area (Å²) in [6, 6.07) is 2.21. The third-order valence-electron chi connectivity index (χ3n) is 5.50. The Balaban J connectivity index is 0.000000968. The van der Waals surface area contributed by atoms with E-state index in [0.29, 0.717) is 16.7 Å². The van der Waals surface area contributed by atoms with Crippen molar-refractivity contribution < 1.29 is 31.2 Å². The van der Waals surface area contributed by atoms with Crippen LogP contribution in [0.25, 0.3) is 0 Å². The predicted octanol–water partition coefficient (Wildman–Crippen LogP) is 2.19. The number of rotatable bonds is 4. The molecule has 2 aromatic rings. The highest BCUT2D eigenvalue weighted by Crippen LogP contribution is 2.35. The molecule has 0 amide bonds. The Labute approximate surface area is 184 Å². The Bertz CT molecular complexity index is 1000. The van der Waals surface area contributed by atoms with Gasteiger partial charge in [-0.15, -0.1) is 0 Å². The first kappa shape index (κ1) is 25.0. The fraction of sp³-hybridized carbons (Fsp3) is 0.474. The lowest BCUT2D eigenvalue weighted by molar-refractivity contribution is -0.0539. The first-order valence-corrected chi connectivity index (χ1v) is 9.86. The van der Waals surface area contributed by atoms with Crippen molar-refractivity contribution in [2.24, 2.45) is 22.4 Å². The van der Waals surface area contributed by atoms with Gasteiger partial charge >= 0.3 is 6.55 Å². The lowest BCUT2D eigenvalue weighted by Gasteiger charge is -2.38. The van der Waals surface area contributed by atoms with Crippen molar-refractivity contribution >= 4 is 5.84 Å². The molecule has 0 aliphatic carbocycles. The van der Waals surface area contributed by atoms with Crippen LogP contribution < -0.4 is 17.2 Å². The van der Waals surface area contributed by atoms with Crippen LogP contribution in [0.2, 0.25) is 0 Å². The highest BCUT2D eigenvalue weighted by molar-refractivity contribution is 5.94. The van der Waals surface area contributed by atoms with E-state index in [0.717, 1.165) is 18.2 Å². The molecule has 2 unspecified atom stereocenters. The van der Waals surface area contributed by atoms with Gasteiger partial charge in [0.2, 0.25) is 0 Å². The predicted molar refractivity (Wildman–Crippen MR) is 106 cm³/mol. The lowest BCUT2D eigenvalue weighted by Crippen LogP contribution is -2.48. The van der Waals surface area contributed by atoms with Crippen LogP contribution in [-0.4, -0.2) is 45.8 Å². The standard InChI is InChI=1S/C18H19F5N6O.CH4FN/c19-8-1-2-11(20)10(3-8)15-12(24)4-9(7-30-15)28-5-13-14(6-28)29(18(21)22)17(26-13)16(25)27-23;2-1-3/h1-3,9,12,15,18H,4-7,24H2,(H2,25,27);1,3H2/t9?,12?,15-;/m1./s1. The number of amidine groups is 1. The van der Waals surface area contributed by atoms with Crippen molar-refractivity contribution in [2.45, 2.75) is 44.2 Å². The second-order valence-electron chi connectivity index (χ2n) is 7.48. The second-order valence-corrected chi connectivity index (χ2v) is 7.48. The van der Waals surface area contributed by atoms with Crippen molar-refractivity contribution in [3.8, 4) is 0 Å². The molecule has 14 heteroatoms. The van der Waals surface area contributed by atoms with Gasteiger partial charge in [-0.25, -0.2) is 18.2 Å². The van der Waals surface area contributed by atoms with Crippen LogP contribution in [-0.2, 0) is 17.8 Å². The smallest absolute Gasteiger partial charge is 0.320 e. The van der Waals surface area contributed by atoms with Crippen molar-refractivity contribution in [1.29, 1.82) is 0 Å². The molecular formula is C19H23F6N7O. The minimum atomic E-state index is -2.97. The van der Waals surface area contributed by atoms with Crippen molar-refractivity contribution in [3.63, 3.8) is 0 Å². The summed E-state index contributed by atoms with van der Waals surface area (Å²) in [5.41, 5.74) is 16.3. The zero-order valence-corrected chi connectivity index (χ0v) is 17.3. The van der Waals surface area contributed by atoms with Crippen LogP contribution in [0.15, 0.2) is 23.4 Å². The number of nitrogens with zero attached hydrogens (tertiary/aromatic N) is 4. The van der Waals surface area contributed by atoms with E-state index in [-0.39, 0.29) is 37.0 Å². The maximum atomic E-state index is 14.1. The molecular weight excluding hydrogens is 456 g/mol. The summed E-state index contributed by atoms with van der Waals surface area (Å²) in [5, 5.41) is 2.25. The van der Waals surface area contributed by atoms with Crippen LogP contribution in [0.1, 0.15) is 41.8 Å². The molecule has 33 heavy (non-hydrogen) atoms. The van der Waals surface area contributed by atoms with Gasteiger partial charge in [0, 0.05) is 30.7 Å². The number of benzene rings is 1.